The molecule has 0 rings (SSSR count). The Morgan fingerprint density at radius 2 is 1.29 bits per heavy atom. The highest BCUT2D eigenvalue weighted by Crippen LogP contribution is 2.01. The highest BCUT2D eigenvalue weighted by Gasteiger charge is 2.19. The van der Waals surface area contributed by atoms with Crippen LogP contribution in [0.5, 0.6) is 0 Å². The molecule has 0 aliphatic heterocycles. The van der Waals surface area contributed by atoms with E-state index in [1.165, 1.54) is 0 Å². The molecule has 0 amide bonds. The maximum Gasteiger partial charge on any atom is 0.146 e. The maximum absolute atomic E-state index is 3.93. The van der Waals surface area contributed by atoms with E-state index in [2.05, 4.69) is 59.6 Å². The molecule has 0 spiro atoms. The Bertz CT molecular complexity index is 181. The van der Waals surface area contributed by atoms with Crippen molar-refractivity contribution in [1.29, 1.82) is 0 Å². The molecule has 0 saturated carbocycles. The van der Waals surface area contributed by atoms with Crippen LogP contribution in [0.2, 0.25) is 6.55 Å². The Morgan fingerprint density at radius 1 is 0.929 bits per heavy atom. The summed E-state index contributed by atoms with van der Waals surface area (Å²) in [6, 6.07) is 0. The zero-order chi connectivity index (χ0) is 11.0. The third-order valence-corrected chi connectivity index (χ3v) is 18.8. The third-order valence-electron chi connectivity index (χ3n) is 2.21. The molecule has 0 aliphatic rings. The predicted octanol–water partition coefficient (Wildman–Crippen LogP) is -0.148. The normalized spacial score (nSPS) is 12.3. The second kappa shape index (κ2) is 8.13. The standard InChI is InChI=1S/C9H21NSi4/c1-6-13(7-2)10(12-11-5)14(8-3)9-4/h6-9,13-14H,1-4,11-12H2,5H3. The molecule has 0 aromatic rings. The van der Waals surface area contributed by atoms with E-state index in [0.29, 0.717) is 0 Å². The van der Waals surface area contributed by atoms with Gasteiger partial charge in [0.25, 0.3) is 0 Å². The first kappa shape index (κ1) is 13.8. The minimum atomic E-state index is -1.04. The highest BCUT2D eigenvalue weighted by atomic mass is 29.2. The van der Waals surface area contributed by atoms with Gasteiger partial charge in [0.2, 0.25) is 0 Å². The van der Waals surface area contributed by atoms with Crippen molar-refractivity contribution in [1.82, 2.24) is 3.90 Å². The molecule has 0 aliphatic carbocycles. The molecule has 1 nitrogen and oxygen atoms in total. The van der Waals surface area contributed by atoms with Gasteiger partial charge in [0.1, 0.15) is 17.9 Å². The fourth-order valence-corrected chi connectivity index (χ4v) is 22.3. The van der Waals surface area contributed by atoms with Gasteiger partial charge in [0.15, 0.2) is 0 Å². The number of rotatable bonds is 8. The second-order valence-electron chi connectivity index (χ2n) is 3.16. The van der Waals surface area contributed by atoms with E-state index < -0.39 is 17.9 Å². The summed E-state index contributed by atoms with van der Waals surface area (Å²) in [6.07, 6.45) is 0. The number of nitrogens with zero attached hydrogens (tertiary/aromatic N) is 1. The molecule has 14 heavy (non-hydrogen) atoms. The fourth-order valence-electron chi connectivity index (χ4n) is 1.49. The molecule has 78 valence electrons. The Kier molecular flexibility index (Phi) is 8.00. The van der Waals surface area contributed by atoms with Crippen LogP contribution in [0, 0.1) is 0 Å². The van der Waals surface area contributed by atoms with Gasteiger partial charge in [0, 0.05) is 9.04 Å². The number of hydrogen-bond donors (Lipinski definition) is 0. The van der Waals surface area contributed by atoms with Crippen molar-refractivity contribution in [2.45, 2.75) is 6.55 Å². The monoisotopic (exact) mass is 255 g/mol. The summed E-state index contributed by atoms with van der Waals surface area (Å²) in [4.78, 5) is 0. The van der Waals surface area contributed by atoms with Gasteiger partial charge < -0.3 is 3.90 Å². The quantitative estimate of drug-likeness (QED) is 0.546. The van der Waals surface area contributed by atoms with Gasteiger partial charge in [-0.2, -0.15) is 0 Å². The van der Waals surface area contributed by atoms with Crippen LogP contribution < -0.4 is 0 Å². The largest absolute Gasteiger partial charge is 0.367 e. The Balaban J connectivity index is 4.68. The SMILES string of the molecule is C=C[SiH](C=C)N([SiH2][SiH2]C)[SiH](C=C)C=C. The van der Waals surface area contributed by atoms with Crippen LogP contribution in [-0.2, 0) is 0 Å². The molecule has 0 unspecified atom stereocenters. The van der Waals surface area contributed by atoms with Crippen molar-refractivity contribution in [2.75, 3.05) is 0 Å². The molecular weight excluding hydrogens is 234 g/mol. The van der Waals surface area contributed by atoms with E-state index >= 15 is 0 Å². The number of hydrogen-bond acceptors (Lipinski definition) is 1. The van der Waals surface area contributed by atoms with Crippen LogP contribution in [-0.4, -0.2) is 40.0 Å². The fraction of sp³-hybridized carbons (Fsp3) is 0.111. The lowest BCUT2D eigenvalue weighted by Gasteiger charge is -2.30. The second-order valence-corrected chi connectivity index (χ2v) is 16.9. The van der Waals surface area contributed by atoms with Crippen molar-refractivity contribution < 1.29 is 0 Å². The van der Waals surface area contributed by atoms with E-state index in [1.54, 1.807) is 0 Å². The Morgan fingerprint density at radius 3 is 1.50 bits per heavy atom. The first-order chi connectivity index (χ1) is 6.74. The molecule has 0 bridgehead atoms. The van der Waals surface area contributed by atoms with Gasteiger partial charge in [-0.15, -0.1) is 26.3 Å². The lowest BCUT2D eigenvalue weighted by atomic mass is 11.2. The zero-order valence-electron chi connectivity index (χ0n) is 9.15. The smallest absolute Gasteiger partial charge is 0.146 e. The van der Waals surface area contributed by atoms with Crippen LogP contribution in [0.15, 0.2) is 49.1 Å². The lowest BCUT2D eigenvalue weighted by Crippen LogP contribution is -2.50. The summed E-state index contributed by atoms with van der Waals surface area (Å²) in [6.45, 7) is 18.1. The molecule has 5 heteroatoms. The van der Waals surface area contributed by atoms with Crippen molar-refractivity contribution >= 4 is 36.2 Å². The van der Waals surface area contributed by atoms with E-state index in [4.69, 9.17) is 0 Å². The van der Waals surface area contributed by atoms with Crippen molar-refractivity contribution in [3.63, 3.8) is 0 Å². The van der Waals surface area contributed by atoms with E-state index in [0.717, 1.165) is 0 Å². The van der Waals surface area contributed by atoms with E-state index in [9.17, 15) is 0 Å². The van der Waals surface area contributed by atoms with Crippen molar-refractivity contribution in [2.24, 2.45) is 0 Å². The average Bonchev–Trinajstić information content (AvgIpc) is 2.21. The van der Waals surface area contributed by atoms with Crippen LogP contribution in [0.4, 0.5) is 0 Å². The summed E-state index contributed by atoms with van der Waals surface area (Å²) < 4.78 is 2.74. The third kappa shape index (κ3) is 3.89. The van der Waals surface area contributed by atoms with Gasteiger partial charge in [-0.25, -0.2) is 0 Å². The van der Waals surface area contributed by atoms with Crippen LogP contribution >= 0.6 is 0 Å². The molecule has 0 atom stereocenters. The van der Waals surface area contributed by atoms with Crippen LogP contribution in [0.1, 0.15) is 0 Å². The average molecular weight is 256 g/mol. The molecule has 0 saturated heterocycles. The van der Waals surface area contributed by atoms with Gasteiger partial charge in [-0.3, -0.25) is 0 Å². The van der Waals surface area contributed by atoms with Crippen molar-refractivity contribution in [3.05, 3.63) is 49.1 Å². The highest BCUT2D eigenvalue weighted by molar-refractivity contribution is 7.08. The van der Waals surface area contributed by atoms with Crippen LogP contribution in [0.25, 0.3) is 0 Å². The Labute approximate surface area is 95.8 Å². The molecule has 0 radical (unpaired) electrons. The lowest BCUT2D eigenvalue weighted by molar-refractivity contribution is 1.08. The molecule has 0 N–H and O–H groups in total. The first-order valence-electron chi connectivity index (χ1n) is 5.01. The Hall–Kier alpha value is -0.212. The van der Waals surface area contributed by atoms with Gasteiger partial charge in [-0.05, 0) is 0 Å². The van der Waals surface area contributed by atoms with Crippen molar-refractivity contribution in [3.8, 4) is 0 Å². The van der Waals surface area contributed by atoms with E-state index in [-0.39, 0.29) is 18.2 Å². The molecule has 0 heterocycles. The minimum Gasteiger partial charge on any atom is -0.367 e. The van der Waals surface area contributed by atoms with Gasteiger partial charge >= 0.3 is 0 Å². The summed E-state index contributed by atoms with van der Waals surface area (Å²) in [5, 5.41) is 0. The molecule has 0 fully saturated rings. The van der Waals surface area contributed by atoms with Crippen LogP contribution in [0.3, 0.4) is 0 Å². The summed E-state index contributed by atoms with van der Waals surface area (Å²) in [5.41, 5.74) is 8.49. The summed E-state index contributed by atoms with van der Waals surface area (Å²) >= 11 is 0. The maximum atomic E-state index is 3.93. The summed E-state index contributed by atoms with van der Waals surface area (Å²) in [5.74, 6) is 0. The molecule has 0 aromatic heterocycles. The predicted molar refractivity (Wildman–Crippen MR) is 79.9 cm³/mol. The van der Waals surface area contributed by atoms with Gasteiger partial charge in [-0.1, -0.05) is 29.3 Å². The molecular formula is C9H21NSi4. The first-order valence-corrected chi connectivity index (χ1v) is 14.8. The topological polar surface area (TPSA) is 3.24 Å². The minimum absolute atomic E-state index is 0.00753. The summed E-state index contributed by atoms with van der Waals surface area (Å²) in [7, 11) is -1.89. The van der Waals surface area contributed by atoms with Gasteiger partial charge in [0.05, 0.1) is 9.20 Å². The molecule has 0 aromatic carbocycles. The zero-order valence-corrected chi connectivity index (χ0v) is 14.3. The van der Waals surface area contributed by atoms with E-state index in [1.807, 2.05) is 0 Å².